The van der Waals surface area contributed by atoms with Gasteiger partial charge in [0.05, 0.1) is 0 Å². The minimum Gasteiger partial charge on any atom is -0.480 e. The van der Waals surface area contributed by atoms with Gasteiger partial charge in [-0.15, -0.1) is 0 Å². The van der Waals surface area contributed by atoms with Crippen molar-refractivity contribution in [3.63, 3.8) is 0 Å². The highest BCUT2D eigenvalue weighted by atomic mass is 16.4. The maximum Gasteiger partial charge on any atom is 0.326 e. The van der Waals surface area contributed by atoms with E-state index in [-0.39, 0.29) is 0 Å². The van der Waals surface area contributed by atoms with Crippen molar-refractivity contribution in [2.45, 2.75) is 13.0 Å². The third kappa shape index (κ3) is 3.87. The summed E-state index contributed by atoms with van der Waals surface area (Å²) in [5, 5.41) is 11.5. The molecule has 0 spiro atoms. The lowest BCUT2D eigenvalue weighted by Crippen LogP contribution is -2.42. The Hall–Kier alpha value is -2.24. The van der Waals surface area contributed by atoms with Crippen molar-refractivity contribution in [2.24, 2.45) is 0 Å². The molecule has 0 saturated carbocycles. The maximum absolute atomic E-state index is 11.8. The summed E-state index contributed by atoms with van der Waals surface area (Å²) in [6, 6.07) is 5.96. The van der Waals surface area contributed by atoms with E-state index < -0.39 is 18.0 Å². The van der Waals surface area contributed by atoms with E-state index in [1.807, 2.05) is 31.1 Å². The molecule has 19 heavy (non-hydrogen) atoms. The average Bonchev–Trinajstić information content (AvgIpc) is 2.37. The van der Waals surface area contributed by atoms with Crippen molar-refractivity contribution in [3.05, 3.63) is 24.3 Å². The van der Waals surface area contributed by atoms with Crippen molar-refractivity contribution in [1.29, 1.82) is 0 Å². The van der Waals surface area contributed by atoms with Crippen LogP contribution in [0.3, 0.4) is 0 Å². The Morgan fingerprint density at radius 3 is 2.11 bits per heavy atom. The minimum atomic E-state index is -1.04. The number of carbonyl (C=O) groups is 2. The monoisotopic (exact) mass is 265 g/mol. The first-order valence-electron chi connectivity index (χ1n) is 5.87. The highest BCUT2D eigenvalue weighted by Gasteiger charge is 2.21. The molecule has 2 N–H and O–H groups in total. The first kappa shape index (κ1) is 14.8. The fraction of sp³-hybridized carbons (Fsp3) is 0.385. The van der Waals surface area contributed by atoms with Crippen LogP contribution >= 0.6 is 0 Å². The van der Waals surface area contributed by atoms with Crippen LogP contribution in [-0.4, -0.2) is 49.2 Å². The fourth-order valence-electron chi connectivity index (χ4n) is 1.40. The van der Waals surface area contributed by atoms with E-state index in [0.29, 0.717) is 5.69 Å². The zero-order chi connectivity index (χ0) is 14.6. The summed E-state index contributed by atoms with van der Waals surface area (Å²) in [4.78, 5) is 25.7. The van der Waals surface area contributed by atoms with Crippen molar-refractivity contribution < 1.29 is 14.7 Å². The zero-order valence-corrected chi connectivity index (χ0v) is 11.5. The summed E-state index contributed by atoms with van der Waals surface area (Å²) in [6.45, 7) is 1.46. The van der Waals surface area contributed by atoms with Crippen molar-refractivity contribution in [1.82, 2.24) is 4.90 Å². The molecule has 0 saturated heterocycles. The van der Waals surface area contributed by atoms with Gasteiger partial charge < -0.3 is 20.2 Å². The topological polar surface area (TPSA) is 72.9 Å². The number of urea groups is 1. The lowest BCUT2D eigenvalue weighted by Gasteiger charge is -2.22. The number of nitrogens with zero attached hydrogens (tertiary/aromatic N) is 2. The van der Waals surface area contributed by atoms with Gasteiger partial charge in [0.1, 0.15) is 6.04 Å². The molecular weight excluding hydrogens is 246 g/mol. The number of carboxylic acids is 1. The van der Waals surface area contributed by atoms with Crippen LogP contribution in [0.1, 0.15) is 6.92 Å². The molecule has 0 radical (unpaired) electrons. The summed E-state index contributed by atoms with van der Waals surface area (Å²) < 4.78 is 0. The van der Waals surface area contributed by atoms with E-state index in [1.54, 1.807) is 12.1 Å². The number of benzene rings is 1. The van der Waals surface area contributed by atoms with Gasteiger partial charge in [-0.25, -0.2) is 9.59 Å². The number of amides is 2. The van der Waals surface area contributed by atoms with Crippen LogP contribution in [0.25, 0.3) is 0 Å². The Labute approximate surface area is 112 Å². The predicted octanol–water partition coefficient (Wildman–Crippen LogP) is 1.69. The van der Waals surface area contributed by atoms with Crippen LogP contribution in [0.5, 0.6) is 0 Å². The van der Waals surface area contributed by atoms with E-state index in [1.165, 1.54) is 14.0 Å². The molecule has 1 atom stereocenters. The molecule has 0 bridgehead atoms. The van der Waals surface area contributed by atoms with E-state index >= 15 is 0 Å². The number of likely N-dealkylation sites (N-methyl/N-ethyl adjacent to an activating group) is 1. The van der Waals surface area contributed by atoms with Crippen molar-refractivity contribution in [3.8, 4) is 0 Å². The Balaban J connectivity index is 2.69. The average molecular weight is 265 g/mol. The molecule has 0 aliphatic heterocycles. The van der Waals surface area contributed by atoms with Gasteiger partial charge in [-0.2, -0.15) is 0 Å². The van der Waals surface area contributed by atoms with Crippen LogP contribution in [0.15, 0.2) is 24.3 Å². The molecule has 0 aliphatic rings. The van der Waals surface area contributed by atoms with Crippen LogP contribution in [0, 0.1) is 0 Å². The normalized spacial score (nSPS) is 11.6. The number of hydrogen-bond acceptors (Lipinski definition) is 3. The largest absolute Gasteiger partial charge is 0.480 e. The quantitative estimate of drug-likeness (QED) is 0.869. The van der Waals surface area contributed by atoms with E-state index in [0.717, 1.165) is 10.6 Å². The van der Waals surface area contributed by atoms with Gasteiger partial charge in [0.2, 0.25) is 0 Å². The highest BCUT2D eigenvalue weighted by molar-refractivity contribution is 5.92. The first-order valence-corrected chi connectivity index (χ1v) is 5.87. The number of carbonyl (C=O) groups excluding carboxylic acids is 1. The lowest BCUT2D eigenvalue weighted by molar-refractivity contribution is -0.141. The van der Waals surface area contributed by atoms with Gasteiger partial charge in [-0.05, 0) is 31.2 Å². The fourth-order valence-corrected chi connectivity index (χ4v) is 1.40. The molecule has 0 fully saturated rings. The second-order valence-electron chi connectivity index (χ2n) is 4.50. The number of aliphatic carboxylic acids is 1. The summed E-state index contributed by atoms with van der Waals surface area (Å²) in [6.07, 6.45) is 0. The molecule has 0 heterocycles. The number of rotatable bonds is 4. The van der Waals surface area contributed by atoms with Gasteiger partial charge in [-0.1, -0.05) is 0 Å². The van der Waals surface area contributed by atoms with Crippen LogP contribution in [0.2, 0.25) is 0 Å². The number of hydrogen-bond donors (Lipinski definition) is 2. The smallest absolute Gasteiger partial charge is 0.326 e. The van der Waals surface area contributed by atoms with Gasteiger partial charge in [-0.3, -0.25) is 0 Å². The molecule has 6 nitrogen and oxygen atoms in total. The SMILES string of the molecule is CC(C(=O)O)N(C)C(=O)Nc1ccc(N(C)C)cc1. The zero-order valence-electron chi connectivity index (χ0n) is 11.5. The second-order valence-corrected chi connectivity index (χ2v) is 4.50. The number of anilines is 2. The molecule has 1 aromatic rings. The second kappa shape index (κ2) is 6.08. The first-order chi connectivity index (χ1) is 8.82. The molecule has 1 unspecified atom stereocenters. The van der Waals surface area contributed by atoms with E-state index in [9.17, 15) is 9.59 Å². The molecule has 1 rings (SSSR count). The third-order valence-electron chi connectivity index (χ3n) is 2.89. The molecule has 6 heteroatoms. The standard InChI is InChI=1S/C13H19N3O3/c1-9(12(17)18)16(4)13(19)14-10-5-7-11(8-6-10)15(2)3/h5-9H,1-4H3,(H,14,19)(H,17,18). The lowest BCUT2D eigenvalue weighted by atomic mass is 10.2. The Morgan fingerprint density at radius 1 is 1.16 bits per heavy atom. The molecule has 0 aliphatic carbocycles. The Kier molecular flexibility index (Phi) is 4.74. The number of carboxylic acid groups (broad SMARTS) is 1. The molecule has 2 amide bonds. The minimum absolute atomic E-state index is 0.451. The Bertz CT molecular complexity index is 457. The molecule has 1 aromatic carbocycles. The predicted molar refractivity (Wildman–Crippen MR) is 74.6 cm³/mol. The summed E-state index contributed by atoms with van der Waals surface area (Å²) in [7, 11) is 5.30. The Morgan fingerprint density at radius 2 is 1.68 bits per heavy atom. The highest BCUT2D eigenvalue weighted by Crippen LogP contribution is 2.16. The third-order valence-corrected chi connectivity index (χ3v) is 2.89. The van der Waals surface area contributed by atoms with Gasteiger partial charge in [0, 0.05) is 32.5 Å². The number of nitrogens with one attached hydrogen (secondary N) is 1. The summed E-state index contributed by atoms with van der Waals surface area (Å²) in [5.74, 6) is -1.04. The van der Waals surface area contributed by atoms with E-state index in [2.05, 4.69) is 5.32 Å². The van der Waals surface area contributed by atoms with Crippen LogP contribution in [-0.2, 0) is 4.79 Å². The van der Waals surface area contributed by atoms with E-state index in [4.69, 9.17) is 5.11 Å². The molecular formula is C13H19N3O3. The summed E-state index contributed by atoms with van der Waals surface area (Å²) >= 11 is 0. The maximum atomic E-state index is 11.8. The molecule has 104 valence electrons. The van der Waals surface area contributed by atoms with Gasteiger partial charge in [0.25, 0.3) is 0 Å². The van der Waals surface area contributed by atoms with Gasteiger partial charge >= 0.3 is 12.0 Å². The van der Waals surface area contributed by atoms with Crippen molar-refractivity contribution in [2.75, 3.05) is 31.4 Å². The van der Waals surface area contributed by atoms with Gasteiger partial charge in [0.15, 0.2) is 0 Å². The van der Waals surface area contributed by atoms with Crippen LogP contribution in [0.4, 0.5) is 16.2 Å². The van der Waals surface area contributed by atoms with Crippen LogP contribution < -0.4 is 10.2 Å². The molecule has 0 aromatic heterocycles. The summed E-state index contributed by atoms with van der Waals surface area (Å²) in [5.41, 5.74) is 1.64. The van der Waals surface area contributed by atoms with Crippen molar-refractivity contribution >= 4 is 23.4 Å².